The van der Waals surface area contributed by atoms with Crippen molar-refractivity contribution >= 4 is 22.6 Å². The normalized spacial score (nSPS) is 20.5. The molecule has 110 valence electrons. The highest BCUT2D eigenvalue weighted by atomic mass is 127. The summed E-state index contributed by atoms with van der Waals surface area (Å²) >= 11 is 2.32. The molecule has 1 aliphatic carbocycles. The van der Waals surface area contributed by atoms with E-state index in [-0.39, 0.29) is 17.3 Å². The third kappa shape index (κ3) is 6.46. The number of alkyl halides is 1. The molecule has 0 amide bonds. The number of ether oxygens (including phenoxy) is 2. The lowest BCUT2D eigenvalue weighted by Gasteiger charge is -2.35. The smallest absolute Gasteiger partial charge is 0.168 e. The summed E-state index contributed by atoms with van der Waals surface area (Å²) in [6.07, 6.45) is 5.66. The molecule has 0 spiro atoms. The summed E-state index contributed by atoms with van der Waals surface area (Å²) in [5.74, 6) is 6.81. The van der Waals surface area contributed by atoms with Crippen LogP contribution in [0.5, 0.6) is 0 Å². The minimum Gasteiger partial charge on any atom is -0.352 e. The van der Waals surface area contributed by atoms with Crippen molar-refractivity contribution in [3.8, 4) is 11.8 Å². The van der Waals surface area contributed by atoms with Gasteiger partial charge >= 0.3 is 0 Å². The molecular formula is C16H27IO2. The third-order valence-corrected chi connectivity index (χ3v) is 3.88. The highest BCUT2D eigenvalue weighted by molar-refractivity contribution is 14.1. The van der Waals surface area contributed by atoms with Crippen LogP contribution in [0.2, 0.25) is 0 Å². The molecule has 0 aromatic carbocycles. The molecule has 1 rings (SSSR count). The van der Waals surface area contributed by atoms with Gasteiger partial charge in [-0.3, -0.25) is 0 Å². The Bertz CT molecular complexity index is 316. The van der Waals surface area contributed by atoms with Crippen molar-refractivity contribution < 1.29 is 9.47 Å². The lowest BCUT2D eigenvalue weighted by molar-refractivity contribution is -0.184. The highest BCUT2D eigenvalue weighted by Gasteiger charge is 2.34. The Morgan fingerprint density at radius 2 is 1.84 bits per heavy atom. The fourth-order valence-corrected chi connectivity index (χ4v) is 2.68. The van der Waals surface area contributed by atoms with Crippen molar-refractivity contribution in [2.45, 2.75) is 71.7 Å². The van der Waals surface area contributed by atoms with Crippen LogP contribution in [0.1, 0.15) is 59.8 Å². The Hall–Kier alpha value is 0.210. The third-order valence-electron chi connectivity index (χ3n) is 3.16. The molecule has 0 bridgehead atoms. The number of hydrogen-bond donors (Lipinski definition) is 0. The lowest BCUT2D eigenvalue weighted by Crippen LogP contribution is -2.39. The maximum Gasteiger partial charge on any atom is 0.168 e. The van der Waals surface area contributed by atoms with Crippen molar-refractivity contribution in [3.05, 3.63) is 0 Å². The van der Waals surface area contributed by atoms with Crippen molar-refractivity contribution in [2.24, 2.45) is 5.41 Å². The molecule has 1 fully saturated rings. The highest BCUT2D eigenvalue weighted by Crippen LogP contribution is 2.33. The van der Waals surface area contributed by atoms with Gasteiger partial charge in [0.2, 0.25) is 0 Å². The molecule has 1 saturated carbocycles. The molecule has 0 aromatic rings. The van der Waals surface area contributed by atoms with Crippen molar-refractivity contribution in [1.82, 2.24) is 0 Å². The van der Waals surface area contributed by atoms with Gasteiger partial charge in [-0.2, -0.15) is 0 Å². The summed E-state index contributed by atoms with van der Waals surface area (Å²) in [5.41, 5.74) is -0.254. The maximum absolute atomic E-state index is 6.26. The molecule has 0 heterocycles. The van der Waals surface area contributed by atoms with Gasteiger partial charge in [-0.1, -0.05) is 40.9 Å². The van der Waals surface area contributed by atoms with Gasteiger partial charge in [-0.15, -0.1) is 0 Å². The van der Waals surface area contributed by atoms with Crippen LogP contribution in [-0.4, -0.2) is 22.9 Å². The maximum atomic E-state index is 6.26. The predicted molar refractivity (Wildman–Crippen MR) is 88.4 cm³/mol. The largest absolute Gasteiger partial charge is 0.352 e. The van der Waals surface area contributed by atoms with Gasteiger partial charge < -0.3 is 9.47 Å². The molecule has 0 radical (unpaired) electrons. The van der Waals surface area contributed by atoms with Crippen LogP contribution >= 0.6 is 22.6 Å². The van der Waals surface area contributed by atoms with Crippen LogP contribution in [0.25, 0.3) is 0 Å². The van der Waals surface area contributed by atoms with Gasteiger partial charge in [0.25, 0.3) is 0 Å². The first-order valence-corrected chi connectivity index (χ1v) is 8.83. The molecule has 19 heavy (non-hydrogen) atoms. The molecule has 0 aromatic heterocycles. The molecule has 1 unspecified atom stereocenters. The first-order chi connectivity index (χ1) is 8.91. The summed E-state index contributed by atoms with van der Waals surface area (Å²) in [5, 5.41) is 0. The monoisotopic (exact) mass is 378 g/mol. The quantitative estimate of drug-likeness (QED) is 0.302. The number of hydrogen-bond acceptors (Lipinski definition) is 2. The summed E-state index contributed by atoms with van der Waals surface area (Å²) in [4.78, 5) is 0. The van der Waals surface area contributed by atoms with Crippen LogP contribution in [0.15, 0.2) is 0 Å². The van der Waals surface area contributed by atoms with E-state index >= 15 is 0 Å². The molecule has 0 aliphatic heterocycles. The zero-order valence-corrected chi connectivity index (χ0v) is 14.9. The Morgan fingerprint density at radius 3 is 2.32 bits per heavy atom. The molecule has 1 aliphatic rings. The standard InChI is InChI=1S/C16H27IO2/c1-5-18-14(13-17)19-16(9-7-6-8-10-16)12-11-15(2,3)4/h14H,5-10,13H2,1-4H3. The van der Waals surface area contributed by atoms with Gasteiger partial charge in [0, 0.05) is 12.0 Å². The Kier molecular flexibility index (Phi) is 7.13. The molecule has 2 nitrogen and oxygen atoms in total. The molecular weight excluding hydrogens is 351 g/mol. The second-order valence-corrected chi connectivity index (χ2v) is 7.09. The van der Waals surface area contributed by atoms with Gasteiger partial charge in [-0.25, -0.2) is 0 Å². The average Bonchev–Trinajstić information content (AvgIpc) is 2.36. The molecule has 3 heteroatoms. The minimum atomic E-state index is -0.281. The van der Waals surface area contributed by atoms with E-state index in [1.807, 2.05) is 6.92 Å². The second-order valence-electron chi connectivity index (χ2n) is 6.21. The van der Waals surface area contributed by atoms with Gasteiger partial charge in [0.05, 0.1) is 4.43 Å². The number of halogens is 1. The summed E-state index contributed by atoms with van der Waals surface area (Å²) in [6, 6.07) is 0. The van der Waals surface area contributed by atoms with Crippen LogP contribution in [0, 0.1) is 17.3 Å². The van der Waals surface area contributed by atoms with Crippen molar-refractivity contribution in [2.75, 3.05) is 11.0 Å². The zero-order valence-electron chi connectivity index (χ0n) is 12.7. The minimum absolute atomic E-state index is 0.0270. The second kappa shape index (κ2) is 7.85. The predicted octanol–water partition coefficient (Wildman–Crippen LogP) is 4.55. The van der Waals surface area contributed by atoms with Gasteiger partial charge in [0.1, 0.15) is 5.60 Å². The van der Waals surface area contributed by atoms with E-state index in [2.05, 4.69) is 55.2 Å². The Morgan fingerprint density at radius 1 is 1.21 bits per heavy atom. The first-order valence-electron chi connectivity index (χ1n) is 7.30. The fraction of sp³-hybridized carbons (Fsp3) is 0.875. The van der Waals surface area contributed by atoms with Crippen LogP contribution in [0.3, 0.4) is 0 Å². The van der Waals surface area contributed by atoms with E-state index < -0.39 is 0 Å². The van der Waals surface area contributed by atoms with Crippen LogP contribution < -0.4 is 0 Å². The Balaban J connectivity index is 2.82. The van der Waals surface area contributed by atoms with Crippen LogP contribution in [-0.2, 0) is 9.47 Å². The summed E-state index contributed by atoms with van der Waals surface area (Å²) in [6.45, 7) is 9.14. The van der Waals surface area contributed by atoms with E-state index in [9.17, 15) is 0 Å². The fourth-order valence-electron chi connectivity index (χ4n) is 2.24. The molecule has 0 saturated heterocycles. The van der Waals surface area contributed by atoms with Crippen molar-refractivity contribution in [3.63, 3.8) is 0 Å². The SMILES string of the molecule is CCOC(CI)OC1(C#CC(C)(C)C)CCCCC1. The van der Waals surface area contributed by atoms with E-state index in [1.54, 1.807) is 0 Å². The lowest BCUT2D eigenvalue weighted by atomic mass is 9.83. The number of rotatable bonds is 5. The van der Waals surface area contributed by atoms with E-state index in [1.165, 1.54) is 19.3 Å². The summed E-state index contributed by atoms with van der Waals surface area (Å²) < 4.78 is 12.8. The molecule has 0 N–H and O–H groups in total. The van der Waals surface area contributed by atoms with Crippen molar-refractivity contribution in [1.29, 1.82) is 0 Å². The first kappa shape index (κ1) is 17.3. The van der Waals surface area contributed by atoms with E-state index in [0.29, 0.717) is 6.61 Å². The molecule has 1 atom stereocenters. The Labute approximate surface area is 132 Å². The van der Waals surface area contributed by atoms with Gasteiger partial charge in [-0.05, 0) is 53.4 Å². The van der Waals surface area contributed by atoms with Crippen LogP contribution in [0.4, 0.5) is 0 Å². The summed E-state index contributed by atoms with van der Waals surface area (Å²) in [7, 11) is 0. The van der Waals surface area contributed by atoms with E-state index in [4.69, 9.17) is 9.47 Å². The topological polar surface area (TPSA) is 18.5 Å². The van der Waals surface area contributed by atoms with Gasteiger partial charge in [0.15, 0.2) is 6.29 Å². The average molecular weight is 378 g/mol. The zero-order chi connectivity index (χ0) is 14.4. The van der Waals surface area contributed by atoms with E-state index in [0.717, 1.165) is 17.3 Å².